The van der Waals surface area contributed by atoms with Gasteiger partial charge in [-0.25, -0.2) is 4.99 Å². The van der Waals surface area contributed by atoms with E-state index in [4.69, 9.17) is 28.2 Å². The molecular formula is C18H16Cl2N2. The van der Waals surface area contributed by atoms with Crippen LogP contribution in [0.15, 0.2) is 63.9 Å². The number of nitrogens with zero attached hydrogens (tertiary/aromatic N) is 1. The van der Waals surface area contributed by atoms with Gasteiger partial charge in [-0.15, -0.1) is 0 Å². The largest absolute Gasteiger partial charge is 0.387 e. The topological polar surface area (TPSA) is 24.4 Å². The maximum absolute atomic E-state index is 6.49. The minimum Gasteiger partial charge on any atom is -0.387 e. The van der Waals surface area contributed by atoms with Crippen molar-refractivity contribution in [3.63, 3.8) is 0 Å². The zero-order chi connectivity index (χ0) is 15.2. The van der Waals surface area contributed by atoms with Crippen molar-refractivity contribution in [1.82, 2.24) is 5.32 Å². The number of nitrogens with one attached hydrogen (secondary N) is 1. The van der Waals surface area contributed by atoms with Crippen molar-refractivity contribution in [1.29, 1.82) is 0 Å². The molecule has 1 saturated heterocycles. The fourth-order valence-corrected chi connectivity index (χ4v) is 4.24. The van der Waals surface area contributed by atoms with Crippen molar-refractivity contribution in [3.05, 3.63) is 69.5 Å². The molecule has 1 aliphatic carbocycles. The molecule has 2 heterocycles. The van der Waals surface area contributed by atoms with Crippen molar-refractivity contribution in [2.45, 2.75) is 19.3 Å². The van der Waals surface area contributed by atoms with E-state index in [1.807, 2.05) is 24.3 Å². The first-order valence-corrected chi connectivity index (χ1v) is 8.36. The Morgan fingerprint density at radius 3 is 2.86 bits per heavy atom. The molecule has 0 bridgehead atoms. The number of allylic oxidation sites excluding steroid dienone is 4. The first-order chi connectivity index (χ1) is 10.7. The Kier molecular flexibility index (Phi) is 3.39. The summed E-state index contributed by atoms with van der Waals surface area (Å²) in [5.41, 5.74) is 3.96. The highest BCUT2D eigenvalue weighted by molar-refractivity contribution is 6.37. The fraction of sp³-hybridized carbons (Fsp3) is 0.278. The van der Waals surface area contributed by atoms with Crippen LogP contribution < -0.4 is 5.32 Å². The van der Waals surface area contributed by atoms with Gasteiger partial charge in [0.1, 0.15) is 5.16 Å². The summed E-state index contributed by atoms with van der Waals surface area (Å²) in [5.74, 6) is 0. The predicted molar refractivity (Wildman–Crippen MR) is 92.4 cm³/mol. The van der Waals surface area contributed by atoms with Crippen LogP contribution in [0.1, 0.15) is 24.8 Å². The van der Waals surface area contributed by atoms with Crippen molar-refractivity contribution in [2.24, 2.45) is 10.4 Å². The molecule has 0 aromatic heterocycles. The third-order valence-corrected chi connectivity index (χ3v) is 5.32. The third kappa shape index (κ3) is 1.90. The summed E-state index contributed by atoms with van der Waals surface area (Å²) >= 11 is 12.9. The Labute approximate surface area is 140 Å². The van der Waals surface area contributed by atoms with Crippen LogP contribution in [0.25, 0.3) is 0 Å². The van der Waals surface area contributed by atoms with Crippen molar-refractivity contribution < 1.29 is 0 Å². The molecule has 112 valence electrons. The van der Waals surface area contributed by atoms with Gasteiger partial charge in [-0.05, 0) is 25.0 Å². The standard InChI is InChI=1S/C18H16Cl2N2/c19-14-8-2-1-6-12(14)16-18-10-3-4-11-21-15(18)9-5-7-13(18)17(20)22-16/h1-2,5-9,21H,3-4,10-11H2. The monoisotopic (exact) mass is 330 g/mol. The van der Waals surface area contributed by atoms with E-state index in [-0.39, 0.29) is 5.41 Å². The Morgan fingerprint density at radius 1 is 1.14 bits per heavy atom. The second-order valence-corrected chi connectivity index (χ2v) is 6.64. The quantitative estimate of drug-likeness (QED) is 0.734. The number of benzene rings is 1. The molecule has 22 heavy (non-hydrogen) atoms. The summed E-state index contributed by atoms with van der Waals surface area (Å²) in [6.45, 7) is 0.988. The average Bonchev–Trinajstić information content (AvgIpc) is 2.69. The smallest absolute Gasteiger partial charge is 0.133 e. The number of hydrogen-bond acceptors (Lipinski definition) is 2. The Hall–Kier alpha value is -1.51. The lowest BCUT2D eigenvalue weighted by Crippen LogP contribution is -2.38. The predicted octanol–water partition coefficient (Wildman–Crippen LogP) is 4.81. The summed E-state index contributed by atoms with van der Waals surface area (Å²) < 4.78 is 0. The maximum atomic E-state index is 6.49. The van der Waals surface area contributed by atoms with E-state index in [2.05, 4.69) is 23.5 Å². The zero-order valence-corrected chi connectivity index (χ0v) is 13.6. The lowest BCUT2D eigenvalue weighted by Gasteiger charge is -2.36. The minimum absolute atomic E-state index is 0.271. The number of aliphatic imine (C=N–C) groups is 1. The van der Waals surface area contributed by atoms with Gasteiger partial charge in [0.05, 0.1) is 11.1 Å². The van der Waals surface area contributed by atoms with Gasteiger partial charge in [0.2, 0.25) is 0 Å². The number of hydrogen-bond donors (Lipinski definition) is 1. The highest BCUT2D eigenvalue weighted by Gasteiger charge is 2.49. The highest BCUT2D eigenvalue weighted by atomic mass is 35.5. The molecule has 1 aromatic carbocycles. The molecule has 1 N–H and O–H groups in total. The summed E-state index contributed by atoms with van der Waals surface area (Å²) in [6.07, 6.45) is 9.58. The van der Waals surface area contributed by atoms with Crippen molar-refractivity contribution in [2.75, 3.05) is 6.54 Å². The molecule has 4 rings (SSSR count). The van der Waals surface area contributed by atoms with Crippen LogP contribution in [0.3, 0.4) is 0 Å². The summed E-state index contributed by atoms with van der Waals surface area (Å²) in [5, 5.41) is 4.88. The molecule has 2 aliphatic heterocycles. The van der Waals surface area contributed by atoms with Gasteiger partial charge in [0.25, 0.3) is 0 Å². The molecule has 4 heteroatoms. The highest BCUT2D eigenvalue weighted by Crippen LogP contribution is 2.52. The average molecular weight is 331 g/mol. The van der Waals surface area contributed by atoms with E-state index < -0.39 is 0 Å². The van der Waals surface area contributed by atoms with Crippen LogP contribution >= 0.6 is 23.2 Å². The molecule has 1 unspecified atom stereocenters. The first kappa shape index (κ1) is 14.1. The SMILES string of the molecule is ClC1=C2C=CC=C3NCCCCC32C(c2ccccc2Cl)=N1. The van der Waals surface area contributed by atoms with Gasteiger partial charge in [-0.1, -0.05) is 60.0 Å². The van der Waals surface area contributed by atoms with Crippen LogP contribution in [-0.2, 0) is 0 Å². The van der Waals surface area contributed by atoms with Gasteiger partial charge >= 0.3 is 0 Å². The Bertz CT molecular complexity index is 758. The van der Waals surface area contributed by atoms with Crippen molar-refractivity contribution in [3.8, 4) is 0 Å². The Balaban J connectivity index is 1.94. The Morgan fingerprint density at radius 2 is 2.00 bits per heavy atom. The van der Waals surface area contributed by atoms with Crippen LogP contribution in [0.4, 0.5) is 0 Å². The molecule has 3 aliphatic rings. The minimum atomic E-state index is -0.271. The van der Waals surface area contributed by atoms with Gasteiger partial charge in [-0.3, -0.25) is 0 Å². The lowest BCUT2D eigenvalue weighted by molar-refractivity contribution is 0.533. The van der Waals surface area contributed by atoms with Crippen molar-refractivity contribution >= 4 is 28.9 Å². The van der Waals surface area contributed by atoms with Gasteiger partial charge in [0.15, 0.2) is 0 Å². The summed E-state index contributed by atoms with van der Waals surface area (Å²) in [4.78, 5) is 4.73. The molecule has 0 radical (unpaired) electrons. The van der Waals surface area contributed by atoms with E-state index in [1.165, 1.54) is 5.70 Å². The molecule has 1 fully saturated rings. The van der Waals surface area contributed by atoms with E-state index in [9.17, 15) is 0 Å². The lowest BCUT2D eigenvalue weighted by atomic mass is 9.68. The van der Waals surface area contributed by atoms with Gasteiger partial charge in [0, 0.05) is 28.4 Å². The molecule has 1 aromatic rings. The van der Waals surface area contributed by atoms with Crippen LogP contribution in [0.5, 0.6) is 0 Å². The second-order valence-electron chi connectivity index (χ2n) is 5.87. The molecule has 1 atom stereocenters. The van der Waals surface area contributed by atoms with E-state index in [0.29, 0.717) is 5.16 Å². The fourth-order valence-electron chi connectivity index (χ4n) is 3.70. The molecule has 2 nitrogen and oxygen atoms in total. The van der Waals surface area contributed by atoms with E-state index in [1.54, 1.807) is 0 Å². The van der Waals surface area contributed by atoms with E-state index in [0.717, 1.165) is 47.7 Å². The van der Waals surface area contributed by atoms with Crippen LogP contribution in [-0.4, -0.2) is 12.3 Å². The van der Waals surface area contributed by atoms with Crippen LogP contribution in [0, 0.1) is 5.41 Å². The maximum Gasteiger partial charge on any atom is 0.133 e. The van der Waals surface area contributed by atoms with E-state index >= 15 is 0 Å². The second kappa shape index (κ2) is 5.29. The normalized spacial score (nSPS) is 26.6. The molecular weight excluding hydrogens is 315 g/mol. The number of rotatable bonds is 1. The third-order valence-electron chi connectivity index (χ3n) is 4.70. The summed E-state index contributed by atoms with van der Waals surface area (Å²) in [7, 11) is 0. The molecule has 0 amide bonds. The molecule has 1 spiro atoms. The molecule has 0 saturated carbocycles. The summed E-state index contributed by atoms with van der Waals surface area (Å²) in [6, 6.07) is 7.88. The number of halogens is 2. The van der Waals surface area contributed by atoms with Gasteiger partial charge < -0.3 is 5.32 Å². The first-order valence-electron chi connectivity index (χ1n) is 7.60. The van der Waals surface area contributed by atoms with Crippen LogP contribution in [0.2, 0.25) is 5.02 Å². The zero-order valence-electron chi connectivity index (χ0n) is 12.1. The van der Waals surface area contributed by atoms with Gasteiger partial charge in [-0.2, -0.15) is 0 Å².